The van der Waals surface area contributed by atoms with Crippen molar-refractivity contribution in [3.05, 3.63) is 47.8 Å². The maximum absolute atomic E-state index is 12.6. The molecule has 7 nitrogen and oxygen atoms in total. The Labute approximate surface area is 128 Å². The van der Waals surface area contributed by atoms with E-state index in [0.717, 1.165) is 5.69 Å². The van der Waals surface area contributed by atoms with Crippen molar-refractivity contribution in [2.45, 2.75) is 18.0 Å². The fourth-order valence-corrected chi connectivity index (χ4v) is 3.80. The van der Waals surface area contributed by atoms with Gasteiger partial charge in [-0.3, -0.25) is 4.68 Å². The average Bonchev–Trinajstić information content (AvgIpc) is 3.01. The standard InChI is InChI=1S/C14H15N3O4S/c1-21-14(18)11-2-4-13(5-3-11)22(19,20)16-8-9-17-12(10-16)6-7-15-17/h2-7H,8-10H2,1H3. The van der Waals surface area contributed by atoms with Crippen molar-refractivity contribution in [2.24, 2.45) is 0 Å². The van der Waals surface area contributed by atoms with Gasteiger partial charge in [-0.2, -0.15) is 9.40 Å². The summed E-state index contributed by atoms with van der Waals surface area (Å²) in [5.41, 5.74) is 1.18. The van der Waals surface area contributed by atoms with E-state index in [-0.39, 0.29) is 4.90 Å². The van der Waals surface area contributed by atoms with Gasteiger partial charge in [-0.05, 0) is 30.3 Å². The number of hydrogen-bond acceptors (Lipinski definition) is 5. The zero-order chi connectivity index (χ0) is 15.7. The number of hydrogen-bond donors (Lipinski definition) is 0. The molecule has 1 aromatic carbocycles. The quantitative estimate of drug-likeness (QED) is 0.784. The molecule has 0 N–H and O–H groups in total. The van der Waals surface area contributed by atoms with Crippen LogP contribution < -0.4 is 0 Å². The number of methoxy groups -OCH3 is 1. The maximum Gasteiger partial charge on any atom is 0.337 e. The number of fused-ring (bicyclic) bond motifs is 1. The van der Waals surface area contributed by atoms with Gasteiger partial charge in [0.15, 0.2) is 0 Å². The van der Waals surface area contributed by atoms with E-state index in [1.54, 1.807) is 10.9 Å². The molecule has 3 rings (SSSR count). The van der Waals surface area contributed by atoms with Crippen LogP contribution in [0, 0.1) is 0 Å². The summed E-state index contributed by atoms with van der Waals surface area (Å²) in [5.74, 6) is -0.495. The number of rotatable bonds is 3. The first-order valence-corrected chi connectivity index (χ1v) is 8.15. The number of esters is 1. The molecule has 2 heterocycles. The second-order valence-corrected chi connectivity index (χ2v) is 6.84. The normalized spacial score (nSPS) is 15.3. The third-order valence-corrected chi connectivity index (χ3v) is 5.48. The lowest BCUT2D eigenvalue weighted by Gasteiger charge is -2.27. The SMILES string of the molecule is COC(=O)c1ccc(S(=O)(=O)N2CCn3nccc3C2)cc1. The van der Waals surface area contributed by atoms with Gasteiger partial charge in [-0.15, -0.1) is 0 Å². The Morgan fingerprint density at radius 1 is 1.18 bits per heavy atom. The van der Waals surface area contributed by atoms with Crippen LogP contribution in [0.25, 0.3) is 0 Å². The second kappa shape index (κ2) is 5.54. The molecule has 8 heteroatoms. The minimum absolute atomic E-state index is 0.160. The van der Waals surface area contributed by atoms with Crippen molar-refractivity contribution in [2.75, 3.05) is 13.7 Å². The molecular formula is C14H15N3O4S. The van der Waals surface area contributed by atoms with Gasteiger partial charge in [0.05, 0.1) is 36.4 Å². The molecule has 0 aliphatic carbocycles. The smallest absolute Gasteiger partial charge is 0.337 e. The summed E-state index contributed by atoms with van der Waals surface area (Å²) in [5, 5.41) is 4.13. The first-order chi connectivity index (χ1) is 10.5. The maximum atomic E-state index is 12.6. The zero-order valence-corrected chi connectivity index (χ0v) is 12.8. The van der Waals surface area contributed by atoms with E-state index in [0.29, 0.717) is 25.2 Å². The number of aromatic nitrogens is 2. The van der Waals surface area contributed by atoms with Gasteiger partial charge < -0.3 is 4.74 Å². The summed E-state index contributed by atoms with van der Waals surface area (Å²) >= 11 is 0. The molecule has 0 saturated carbocycles. The molecule has 0 fully saturated rings. The van der Waals surface area contributed by atoms with Crippen LogP contribution in [-0.4, -0.2) is 42.1 Å². The molecule has 2 aromatic rings. The number of ether oxygens (including phenoxy) is 1. The molecule has 0 radical (unpaired) electrons. The highest BCUT2D eigenvalue weighted by atomic mass is 32.2. The highest BCUT2D eigenvalue weighted by molar-refractivity contribution is 7.89. The first-order valence-electron chi connectivity index (χ1n) is 6.71. The monoisotopic (exact) mass is 321 g/mol. The minimum Gasteiger partial charge on any atom is -0.465 e. The van der Waals surface area contributed by atoms with Crippen molar-refractivity contribution < 1.29 is 17.9 Å². The highest BCUT2D eigenvalue weighted by Gasteiger charge is 2.28. The van der Waals surface area contributed by atoms with Crippen LogP contribution >= 0.6 is 0 Å². The van der Waals surface area contributed by atoms with Crippen LogP contribution in [-0.2, 0) is 27.8 Å². The van der Waals surface area contributed by atoms with Gasteiger partial charge in [-0.1, -0.05) is 0 Å². The van der Waals surface area contributed by atoms with Gasteiger partial charge in [0.1, 0.15) is 0 Å². The average molecular weight is 321 g/mol. The summed E-state index contributed by atoms with van der Waals surface area (Å²) in [6.07, 6.45) is 1.66. The molecule has 0 spiro atoms. The molecule has 0 atom stereocenters. The third kappa shape index (κ3) is 2.51. The third-order valence-electron chi connectivity index (χ3n) is 3.62. The van der Waals surface area contributed by atoms with Crippen LogP contribution in [0.3, 0.4) is 0 Å². The Morgan fingerprint density at radius 3 is 2.59 bits per heavy atom. The zero-order valence-electron chi connectivity index (χ0n) is 12.0. The minimum atomic E-state index is -3.59. The Balaban J connectivity index is 1.86. The predicted octanol–water partition coefficient (Wildman–Crippen LogP) is 0.874. The summed E-state index contributed by atoms with van der Waals surface area (Å²) in [6.45, 7) is 1.19. The molecule has 1 aliphatic rings. The molecule has 0 unspecified atom stereocenters. The number of carbonyl (C=O) groups excluding carboxylic acids is 1. The lowest BCUT2D eigenvalue weighted by molar-refractivity contribution is 0.0600. The van der Waals surface area contributed by atoms with E-state index in [1.807, 2.05) is 6.07 Å². The van der Waals surface area contributed by atoms with Crippen molar-refractivity contribution in [3.8, 4) is 0 Å². The lowest BCUT2D eigenvalue weighted by Crippen LogP contribution is -2.38. The topological polar surface area (TPSA) is 81.5 Å². The largest absolute Gasteiger partial charge is 0.465 e. The predicted molar refractivity (Wildman–Crippen MR) is 77.6 cm³/mol. The van der Waals surface area contributed by atoms with Gasteiger partial charge in [0, 0.05) is 12.7 Å². The van der Waals surface area contributed by atoms with E-state index in [1.165, 1.54) is 35.7 Å². The van der Waals surface area contributed by atoms with Crippen LogP contribution in [0.15, 0.2) is 41.4 Å². The summed E-state index contributed by atoms with van der Waals surface area (Å²) in [7, 11) is -2.31. The van der Waals surface area contributed by atoms with E-state index in [2.05, 4.69) is 9.84 Å². The van der Waals surface area contributed by atoms with Gasteiger partial charge in [0.25, 0.3) is 0 Å². The molecular weight excluding hydrogens is 306 g/mol. The number of nitrogens with zero attached hydrogens (tertiary/aromatic N) is 3. The van der Waals surface area contributed by atoms with Gasteiger partial charge >= 0.3 is 5.97 Å². The Morgan fingerprint density at radius 2 is 1.91 bits per heavy atom. The number of sulfonamides is 1. The number of benzene rings is 1. The van der Waals surface area contributed by atoms with Gasteiger partial charge in [0.2, 0.25) is 10.0 Å². The molecule has 1 aromatic heterocycles. The van der Waals surface area contributed by atoms with Crippen LogP contribution in [0.1, 0.15) is 16.1 Å². The molecule has 1 aliphatic heterocycles. The Kier molecular flexibility index (Phi) is 3.71. The van der Waals surface area contributed by atoms with Crippen LogP contribution in [0.4, 0.5) is 0 Å². The highest BCUT2D eigenvalue weighted by Crippen LogP contribution is 2.21. The molecule has 0 saturated heterocycles. The second-order valence-electron chi connectivity index (χ2n) is 4.90. The summed E-state index contributed by atoms with van der Waals surface area (Å²) in [6, 6.07) is 7.56. The van der Waals surface area contributed by atoms with Crippen molar-refractivity contribution in [3.63, 3.8) is 0 Å². The fourth-order valence-electron chi connectivity index (χ4n) is 2.40. The molecule has 116 valence electrons. The lowest BCUT2D eigenvalue weighted by atomic mass is 10.2. The Hall–Kier alpha value is -2.19. The molecule has 22 heavy (non-hydrogen) atoms. The van der Waals surface area contributed by atoms with Crippen molar-refractivity contribution in [1.29, 1.82) is 0 Å². The first kappa shape index (κ1) is 14.7. The Bertz CT molecular complexity index is 796. The van der Waals surface area contributed by atoms with Crippen LogP contribution in [0.5, 0.6) is 0 Å². The van der Waals surface area contributed by atoms with E-state index < -0.39 is 16.0 Å². The summed E-state index contributed by atoms with van der Waals surface area (Å²) in [4.78, 5) is 11.6. The van der Waals surface area contributed by atoms with E-state index >= 15 is 0 Å². The molecule has 0 bridgehead atoms. The van der Waals surface area contributed by atoms with E-state index in [4.69, 9.17) is 0 Å². The molecule has 0 amide bonds. The van der Waals surface area contributed by atoms with Crippen LogP contribution in [0.2, 0.25) is 0 Å². The van der Waals surface area contributed by atoms with E-state index in [9.17, 15) is 13.2 Å². The number of carbonyl (C=O) groups is 1. The van der Waals surface area contributed by atoms with Gasteiger partial charge in [-0.25, -0.2) is 13.2 Å². The van der Waals surface area contributed by atoms with Crippen molar-refractivity contribution in [1.82, 2.24) is 14.1 Å². The van der Waals surface area contributed by atoms with Crippen molar-refractivity contribution >= 4 is 16.0 Å². The fraction of sp³-hybridized carbons (Fsp3) is 0.286. The summed E-state index contributed by atoms with van der Waals surface area (Å²) < 4.78 is 33.1.